The second kappa shape index (κ2) is 5.62. The number of rotatable bonds is 2. The van der Waals surface area contributed by atoms with Crippen LogP contribution >= 0.6 is 27.9 Å². The summed E-state index contributed by atoms with van der Waals surface area (Å²) in [5, 5.41) is 7.94. The number of halogens is 4. The molecule has 1 aromatic heterocycles. The molecule has 1 aliphatic heterocycles. The van der Waals surface area contributed by atoms with Crippen LogP contribution in [0.2, 0.25) is 0 Å². The Bertz CT molecular complexity index is 724. The first kappa shape index (κ1) is 15.4. The van der Waals surface area contributed by atoms with Crippen molar-refractivity contribution >= 4 is 39.3 Å². The van der Waals surface area contributed by atoms with Crippen molar-refractivity contribution in [3.8, 4) is 5.69 Å². The van der Waals surface area contributed by atoms with Crippen LogP contribution in [0.3, 0.4) is 0 Å². The maximum Gasteiger partial charge on any atom is 0.435 e. The van der Waals surface area contributed by atoms with Crippen LogP contribution in [0, 0.1) is 0 Å². The van der Waals surface area contributed by atoms with Crippen LogP contribution in [-0.4, -0.2) is 21.2 Å². The molecule has 0 amide bonds. The summed E-state index contributed by atoms with van der Waals surface area (Å²) in [6, 6.07) is 7.96. The van der Waals surface area contributed by atoms with E-state index in [1.165, 1.54) is 4.68 Å². The fraction of sp³-hybridized carbons (Fsp3) is 0.231. The van der Waals surface area contributed by atoms with Crippen molar-refractivity contribution in [2.24, 2.45) is 5.10 Å². The van der Waals surface area contributed by atoms with Crippen LogP contribution in [0.15, 0.2) is 40.0 Å². The highest BCUT2D eigenvalue weighted by Gasteiger charge is 2.34. The Morgan fingerprint density at radius 1 is 1.18 bits per heavy atom. The molecule has 0 radical (unpaired) electrons. The van der Waals surface area contributed by atoms with Gasteiger partial charge >= 0.3 is 6.18 Å². The molecule has 0 unspecified atom stereocenters. The predicted octanol–water partition coefficient (Wildman–Crippen LogP) is 4.50. The molecule has 22 heavy (non-hydrogen) atoms. The van der Waals surface area contributed by atoms with Gasteiger partial charge in [-0.25, -0.2) is 9.10 Å². The zero-order valence-electron chi connectivity index (χ0n) is 11.3. The van der Waals surface area contributed by atoms with Crippen LogP contribution < -0.4 is 4.41 Å². The topological polar surface area (TPSA) is 33.4 Å². The highest BCUT2D eigenvalue weighted by molar-refractivity contribution is 9.10. The molecule has 0 N–H and O–H groups in total. The summed E-state index contributed by atoms with van der Waals surface area (Å²) in [7, 11) is 0. The SMILES string of the molecule is CC1=NN(c2ccc(-n3nc(C(F)(F)F)cc3Br)cc2)SC1. The fourth-order valence-corrected chi connectivity index (χ4v) is 3.23. The van der Waals surface area contributed by atoms with E-state index in [0.717, 1.165) is 23.2 Å². The molecule has 4 nitrogen and oxygen atoms in total. The predicted molar refractivity (Wildman–Crippen MR) is 84.3 cm³/mol. The van der Waals surface area contributed by atoms with Gasteiger partial charge in [-0.1, -0.05) is 0 Å². The average Bonchev–Trinajstić information content (AvgIpc) is 3.05. The maximum atomic E-state index is 12.7. The minimum Gasteiger partial charge on any atom is -0.226 e. The highest BCUT2D eigenvalue weighted by atomic mass is 79.9. The fourth-order valence-electron chi connectivity index (χ4n) is 1.90. The van der Waals surface area contributed by atoms with E-state index in [0.29, 0.717) is 5.69 Å². The average molecular weight is 391 g/mol. The molecular weight excluding hydrogens is 381 g/mol. The molecule has 0 spiro atoms. The lowest BCUT2D eigenvalue weighted by molar-refractivity contribution is -0.141. The molecule has 1 aliphatic rings. The van der Waals surface area contributed by atoms with Crippen LogP contribution in [-0.2, 0) is 6.18 Å². The number of hydrogen-bond acceptors (Lipinski definition) is 4. The van der Waals surface area contributed by atoms with Crippen molar-refractivity contribution in [3.05, 3.63) is 40.6 Å². The van der Waals surface area contributed by atoms with Crippen LogP contribution in [0.1, 0.15) is 12.6 Å². The molecule has 116 valence electrons. The lowest BCUT2D eigenvalue weighted by Crippen LogP contribution is -2.07. The van der Waals surface area contributed by atoms with E-state index >= 15 is 0 Å². The smallest absolute Gasteiger partial charge is 0.226 e. The number of nitrogens with zero attached hydrogens (tertiary/aromatic N) is 4. The van der Waals surface area contributed by atoms with Gasteiger partial charge in [0.25, 0.3) is 0 Å². The zero-order valence-corrected chi connectivity index (χ0v) is 13.7. The van der Waals surface area contributed by atoms with Gasteiger partial charge in [0.1, 0.15) is 4.60 Å². The second-order valence-corrected chi connectivity index (χ2v) is 6.37. The molecule has 0 saturated heterocycles. The Labute approximate surface area is 137 Å². The Hall–Kier alpha value is -1.48. The standard InChI is InChI=1S/C13H10BrF3N4S/c1-8-7-22-21(18-8)10-4-2-9(3-5-10)20-12(14)6-11(19-20)13(15,16)17/h2-6H,7H2,1H3. The maximum absolute atomic E-state index is 12.7. The van der Waals surface area contributed by atoms with Crippen molar-refractivity contribution in [1.29, 1.82) is 0 Å². The third kappa shape index (κ3) is 3.00. The van der Waals surface area contributed by atoms with Crippen molar-refractivity contribution in [1.82, 2.24) is 9.78 Å². The third-order valence-corrected chi connectivity index (χ3v) is 4.58. The third-order valence-electron chi connectivity index (χ3n) is 2.93. The molecule has 2 heterocycles. The van der Waals surface area contributed by atoms with Crippen LogP contribution in [0.25, 0.3) is 5.69 Å². The van der Waals surface area contributed by atoms with Crippen LogP contribution in [0.5, 0.6) is 0 Å². The highest BCUT2D eigenvalue weighted by Crippen LogP contribution is 2.32. The second-order valence-electron chi connectivity index (χ2n) is 4.66. The minimum atomic E-state index is -4.47. The number of aromatic nitrogens is 2. The molecule has 9 heteroatoms. The van der Waals surface area contributed by atoms with Crippen molar-refractivity contribution in [2.75, 3.05) is 10.2 Å². The van der Waals surface area contributed by atoms with Gasteiger partial charge < -0.3 is 0 Å². The van der Waals surface area contributed by atoms with Crippen LogP contribution in [0.4, 0.5) is 18.9 Å². The molecular formula is C13H10BrF3N4S. The molecule has 0 atom stereocenters. The number of alkyl halides is 3. The quantitative estimate of drug-likeness (QED) is 0.707. The van der Waals surface area contributed by atoms with E-state index < -0.39 is 11.9 Å². The first-order valence-electron chi connectivity index (χ1n) is 6.25. The van der Waals surface area contributed by atoms with Crippen molar-refractivity contribution in [2.45, 2.75) is 13.1 Å². The first-order chi connectivity index (χ1) is 10.3. The van der Waals surface area contributed by atoms with E-state index in [9.17, 15) is 13.2 Å². The molecule has 0 saturated carbocycles. The summed E-state index contributed by atoms with van der Waals surface area (Å²) in [4.78, 5) is 0. The Morgan fingerprint density at radius 3 is 2.32 bits per heavy atom. The van der Waals surface area contributed by atoms with E-state index in [1.54, 1.807) is 40.6 Å². The lowest BCUT2D eigenvalue weighted by Gasteiger charge is -2.12. The number of hydrogen-bond donors (Lipinski definition) is 0. The molecule has 0 bridgehead atoms. The van der Waals surface area contributed by atoms with Gasteiger partial charge in [0.2, 0.25) is 0 Å². The Morgan fingerprint density at radius 2 is 1.82 bits per heavy atom. The van der Waals surface area contributed by atoms with Gasteiger partial charge in [-0.3, -0.25) is 0 Å². The van der Waals surface area contributed by atoms with E-state index in [2.05, 4.69) is 26.1 Å². The molecule has 2 aromatic rings. The number of benzene rings is 1. The first-order valence-corrected chi connectivity index (χ1v) is 7.98. The van der Waals surface area contributed by atoms with Gasteiger partial charge in [0.05, 0.1) is 17.1 Å². The number of anilines is 1. The van der Waals surface area contributed by atoms with Crippen molar-refractivity contribution < 1.29 is 13.2 Å². The van der Waals surface area contributed by atoms with Crippen molar-refractivity contribution in [3.63, 3.8) is 0 Å². The molecule has 3 rings (SSSR count). The largest absolute Gasteiger partial charge is 0.435 e. The number of hydrazone groups is 1. The van der Waals surface area contributed by atoms with Gasteiger partial charge in [0, 0.05) is 11.8 Å². The van der Waals surface area contributed by atoms with Gasteiger partial charge in [-0.05, 0) is 59.1 Å². The van der Waals surface area contributed by atoms with E-state index in [-0.39, 0.29) is 4.60 Å². The summed E-state index contributed by atoms with van der Waals surface area (Å²) in [6.45, 7) is 1.95. The van der Waals surface area contributed by atoms with E-state index in [1.807, 2.05) is 6.92 Å². The Balaban J connectivity index is 1.89. The molecule has 0 fully saturated rings. The monoisotopic (exact) mass is 390 g/mol. The summed E-state index contributed by atoms with van der Waals surface area (Å²) >= 11 is 4.67. The molecule has 1 aromatic carbocycles. The lowest BCUT2D eigenvalue weighted by atomic mass is 10.3. The normalized spacial score (nSPS) is 15.3. The zero-order chi connectivity index (χ0) is 15.9. The Kier molecular flexibility index (Phi) is 3.94. The van der Waals surface area contributed by atoms with Gasteiger partial charge in [-0.2, -0.15) is 23.4 Å². The summed E-state index contributed by atoms with van der Waals surface area (Å²) < 4.78 is 41.3. The summed E-state index contributed by atoms with van der Waals surface area (Å²) in [5.74, 6) is 0.835. The van der Waals surface area contributed by atoms with Gasteiger partial charge in [0.15, 0.2) is 5.69 Å². The summed E-state index contributed by atoms with van der Waals surface area (Å²) in [5.41, 5.74) is 1.50. The van der Waals surface area contributed by atoms with E-state index in [4.69, 9.17) is 0 Å². The van der Waals surface area contributed by atoms with Gasteiger partial charge in [-0.15, -0.1) is 0 Å². The summed E-state index contributed by atoms with van der Waals surface area (Å²) in [6.07, 6.45) is -4.47. The molecule has 0 aliphatic carbocycles. The minimum absolute atomic E-state index is 0.247.